The van der Waals surface area contributed by atoms with Crippen molar-refractivity contribution in [2.45, 2.75) is 38.1 Å². The number of rotatable bonds is 1. The predicted octanol–water partition coefficient (Wildman–Crippen LogP) is 1.31. The number of methoxy groups -OCH3 is 1. The molecule has 4 saturated carbocycles. The maximum Gasteiger partial charge on any atom is 0.311 e. The lowest BCUT2D eigenvalue weighted by Crippen LogP contribution is -2.59. The Kier molecular flexibility index (Phi) is 1.91. The molecule has 0 spiro atoms. The summed E-state index contributed by atoms with van der Waals surface area (Å²) in [5, 5.41) is 0. The van der Waals surface area contributed by atoms with Crippen molar-refractivity contribution in [3.63, 3.8) is 0 Å². The molecule has 0 aromatic heterocycles. The minimum absolute atomic E-state index is 0.0220. The largest absolute Gasteiger partial charge is 0.469 e. The van der Waals surface area contributed by atoms with E-state index in [-0.39, 0.29) is 11.4 Å². The number of esters is 1. The third-order valence-electron chi connectivity index (χ3n) is 4.96. The maximum atomic E-state index is 11.9. The smallest absolute Gasteiger partial charge is 0.311 e. The Morgan fingerprint density at radius 2 is 1.87 bits per heavy atom. The summed E-state index contributed by atoms with van der Waals surface area (Å²) in [6.07, 6.45) is 5.51. The SMILES string of the molecule is COC(=O)C12CC3C[C@H](C1)C(N)[C@H](C3)C2. The van der Waals surface area contributed by atoms with Crippen molar-refractivity contribution in [1.82, 2.24) is 0 Å². The normalized spacial score (nSPS) is 51.9. The minimum Gasteiger partial charge on any atom is -0.469 e. The summed E-state index contributed by atoms with van der Waals surface area (Å²) in [7, 11) is 1.51. The lowest BCUT2D eigenvalue weighted by molar-refractivity contribution is -0.169. The summed E-state index contributed by atoms with van der Waals surface area (Å²) in [5.41, 5.74) is 6.06. The van der Waals surface area contributed by atoms with E-state index in [9.17, 15) is 4.79 Å². The summed E-state index contributed by atoms with van der Waals surface area (Å²) < 4.78 is 4.99. The van der Waals surface area contributed by atoms with E-state index in [1.165, 1.54) is 20.0 Å². The van der Waals surface area contributed by atoms with E-state index in [0.717, 1.165) is 25.2 Å². The standard InChI is InChI=1S/C12H19NO2/c1-15-11(14)12-4-7-2-8(5-12)10(13)9(3-7)6-12/h7-10H,2-6,13H2,1H3/t7?,8-,9-,10?,12?/m1/s1. The van der Waals surface area contributed by atoms with Gasteiger partial charge in [0.2, 0.25) is 0 Å². The Bertz CT molecular complexity index is 286. The van der Waals surface area contributed by atoms with Crippen LogP contribution in [0.4, 0.5) is 0 Å². The van der Waals surface area contributed by atoms with Crippen LogP contribution in [0, 0.1) is 23.2 Å². The highest BCUT2D eigenvalue weighted by Gasteiger charge is 2.58. The molecule has 0 aromatic rings. The van der Waals surface area contributed by atoms with Crippen molar-refractivity contribution in [3.8, 4) is 0 Å². The Morgan fingerprint density at radius 1 is 1.27 bits per heavy atom. The molecule has 0 unspecified atom stereocenters. The monoisotopic (exact) mass is 209 g/mol. The number of hydrogen-bond donors (Lipinski definition) is 1. The van der Waals surface area contributed by atoms with E-state index in [1.54, 1.807) is 0 Å². The van der Waals surface area contributed by atoms with Crippen LogP contribution in [0.15, 0.2) is 0 Å². The molecule has 3 nitrogen and oxygen atoms in total. The average Bonchev–Trinajstić information content (AvgIpc) is 2.23. The zero-order valence-electron chi connectivity index (χ0n) is 9.24. The molecule has 4 aliphatic rings. The first-order valence-corrected chi connectivity index (χ1v) is 5.98. The van der Waals surface area contributed by atoms with Gasteiger partial charge in [0.1, 0.15) is 0 Å². The van der Waals surface area contributed by atoms with Gasteiger partial charge in [-0.1, -0.05) is 0 Å². The third-order valence-corrected chi connectivity index (χ3v) is 4.96. The van der Waals surface area contributed by atoms with Crippen LogP contribution in [0.3, 0.4) is 0 Å². The fourth-order valence-corrected chi connectivity index (χ4v) is 4.53. The molecule has 0 amide bonds. The van der Waals surface area contributed by atoms with Gasteiger partial charge in [-0.3, -0.25) is 4.79 Å². The zero-order valence-corrected chi connectivity index (χ0v) is 9.24. The molecule has 2 N–H and O–H groups in total. The highest BCUT2D eigenvalue weighted by atomic mass is 16.5. The lowest BCUT2D eigenvalue weighted by atomic mass is 9.48. The van der Waals surface area contributed by atoms with E-state index in [1.807, 2.05) is 0 Å². The quantitative estimate of drug-likeness (QED) is 0.662. The van der Waals surface area contributed by atoms with Crippen molar-refractivity contribution < 1.29 is 9.53 Å². The van der Waals surface area contributed by atoms with Crippen LogP contribution in [-0.4, -0.2) is 19.1 Å². The summed E-state index contributed by atoms with van der Waals surface area (Å²) >= 11 is 0. The predicted molar refractivity (Wildman–Crippen MR) is 56.0 cm³/mol. The highest BCUT2D eigenvalue weighted by molar-refractivity contribution is 5.77. The van der Waals surface area contributed by atoms with E-state index < -0.39 is 0 Å². The van der Waals surface area contributed by atoms with E-state index >= 15 is 0 Å². The van der Waals surface area contributed by atoms with Crippen molar-refractivity contribution in [3.05, 3.63) is 0 Å². The van der Waals surface area contributed by atoms with E-state index in [4.69, 9.17) is 10.5 Å². The van der Waals surface area contributed by atoms with Crippen molar-refractivity contribution in [1.29, 1.82) is 0 Å². The van der Waals surface area contributed by atoms with Gasteiger partial charge in [0.25, 0.3) is 0 Å². The fourth-order valence-electron chi connectivity index (χ4n) is 4.53. The Hall–Kier alpha value is -0.570. The average molecular weight is 209 g/mol. The molecule has 15 heavy (non-hydrogen) atoms. The van der Waals surface area contributed by atoms with Crippen molar-refractivity contribution >= 4 is 5.97 Å². The Morgan fingerprint density at radius 3 is 2.40 bits per heavy atom. The highest BCUT2D eigenvalue weighted by Crippen LogP contribution is 2.59. The van der Waals surface area contributed by atoms with E-state index in [0.29, 0.717) is 17.9 Å². The molecular weight excluding hydrogens is 190 g/mol. The first-order valence-electron chi connectivity index (χ1n) is 5.98. The van der Waals surface area contributed by atoms with Crippen LogP contribution in [0.2, 0.25) is 0 Å². The van der Waals surface area contributed by atoms with Crippen LogP contribution in [0.25, 0.3) is 0 Å². The van der Waals surface area contributed by atoms with Gasteiger partial charge < -0.3 is 10.5 Å². The van der Waals surface area contributed by atoms with Gasteiger partial charge in [0, 0.05) is 6.04 Å². The van der Waals surface area contributed by atoms with Crippen LogP contribution in [0.5, 0.6) is 0 Å². The molecule has 0 radical (unpaired) electrons. The third kappa shape index (κ3) is 1.19. The molecule has 2 atom stereocenters. The molecule has 84 valence electrons. The molecule has 4 aliphatic carbocycles. The molecule has 3 heteroatoms. The summed E-state index contributed by atoms with van der Waals surface area (Å²) in [6, 6.07) is 0.347. The molecule has 4 bridgehead atoms. The van der Waals surface area contributed by atoms with E-state index in [2.05, 4.69) is 0 Å². The number of carbonyl (C=O) groups is 1. The molecule has 0 aromatic carbocycles. The van der Waals surface area contributed by atoms with Gasteiger partial charge >= 0.3 is 5.97 Å². The second-order valence-corrected chi connectivity index (χ2v) is 5.82. The first kappa shape index (κ1) is 9.64. The minimum atomic E-state index is -0.152. The van der Waals surface area contributed by atoms with Gasteiger partial charge in [0.15, 0.2) is 0 Å². The number of hydrogen-bond acceptors (Lipinski definition) is 3. The molecule has 0 saturated heterocycles. The number of ether oxygens (including phenoxy) is 1. The summed E-state index contributed by atoms with van der Waals surface area (Å²) in [4.78, 5) is 11.9. The van der Waals surface area contributed by atoms with Gasteiger partial charge in [-0.25, -0.2) is 0 Å². The zero-order chi connectivity index (χ0) is 10.6. The molecule has 0 aliphatic heterocycles. The van der Waals surface area contributed by atoms with Crippen molar-refractivity contribution in [2.75, 3.05) is 7.11 Å². The van der Waals surface area contributed by atoms with Gasteiger partial charge in [-0.2, -0.15) is 0 Å². The number of carbonyl (C=O) groups excluding carboxylic acids is 1. The Balaban J connectivity index is 1.92. The van der Waals surface area contributed by atoms with Crippen LogP contribution in [0.1, 0.15) is 32.1 Å². The second kappa shape index (κ2) is 2.97. The van der Waals surface area contributed by atoms with Crippen LogP contribution < -0.4 is 5.73 Å². The number of nitrogens with two attached hydrogens (primary N) is 1. The lowest BCUT2D eigenvalue weighted by Gasteiger charge is -2.57. The summed E-state index contributed by atoms with van der Waals surface area (Å²) in [5.74, 6) is 1.92. The second-order valence-electron chi connectivity index (χ2n) is 5.82. The first-order chi connectivity index (χ1) is 7.14. The summed E-state index contributed by atoms with van der Waals surface area (Å²) in [6.45, 7) is 0. The Labute approximate surface area is 90.4 Å². The van der Waals surface area contributed by atoms with Gasteiger partial charge in [-0.15, -0.1) is 0 Å². The molecule has 4 fully saturated rings. The maximum absolute atomic E-state index is 11.9. The van der Waals surface area contributed by atoms with Crippen molar-refractivity contribution in [2.24, 2.45) is 28.9 Å². The van der Waals surface area contributed by atoms with Gasteiger partial charge in [0.05, 0.1) is 12.5 Å². The fraction of sp³-hybridized carbons (Fsp3) is 0.917. The topological polar surface area (TPSA) is 52.3 Å². The molecule has 4 rings (SSSR count). The van der Waals surface area contributed by atoms with Crippen LogP contribution in [-0.2, 0) is 9.53 Å². The van der Waals surface area contributed by atoms with Crippen LogP contribution >= 0.6 is 0 Å². The van der Waals surface area contributed by atoms with Gasteiger partial charge in [-0.05, 0) is 49.9 Å². The molecular formula is C12H19NO2. The molecule has 0 heterocycles.